The Bertz CT molecular complexity index is 612. The third-order valence-corrected chi connectivity index (χ3v) is 5.08. The van der Waals surface area contributed by atoms with Crippen LogP contribution < -0.4 is 0 Å². The molecule has 0 N–H and O–H groups in total. The summed E-state index contributed by atoms with van der Waals surface area (Å²) < 4.78 is 0. The molecule has 0 saturated carbocycles. The zero-order chi connectivity index (χ0) is 15.5. The lowest BCUT2D eigenvalue weighted by Gasteiger charge is -2.31. The second-order valence-electron chi connectivity index (χ2n) is 5.96. The molecule has 0 unspecified atom stereocenters. The van der Waals surface area contributed by atoms with Gasteiger partial charge in [0.25, 0.3) is 5.91 Å². The number of carbonyl (C=O) groups excluding carboxylic acids is 1. The number of hydrogen-bond donors (Lipinski definition) is 0. The van der Waals surface area contributed by atoms with Crippen LogP contribution in [0.15, 0.2) is 41.4 Å². The van der Waals surface area contributed by atoms with E-state index in [9.17, 15) is 4.79 Å². The molecule has 2 aromatic heterocycles. The molecule has 1 amide bonds. The molecular weight excluding hydrogens is 294 g/mol. The van der Waals surface area contributed by atoms with Gasteiger partial charge in [0, 0.05) is 30.4 Å². The molecule has 2 atom stereocenters. The smallest absolute Gasteiger partial charge is 0.255 e. The molecule has 3 rings (SSSR count). The van der Waals surface area contributed by atoms with Crippen molar-refractivity contribution in [3.63, 3.8) is 0 Å². The van der Waals surface area contributed by atoms with E-state index in [0.717, 1.165) is 24.9 Å². The van der Waals surface area contributed by atoms with Gasteiger partial charge in [-0.05, 0) is 56.1 Å². The number of hydrogen-bond acceptors (Lipinski definition) is 4. The third kappa shape index (κ3) is 3.05. The van der Waals surface area contributed by atoms with Crippen LogP contribution in [-0.4, -0.2) is 53.4 Å². The van der Waals surface area contributed by atoms with Crippen molar-refractivity contribution < 1.29 is 4.79 Å². The average molecular weight is 315 g/mol. The minimum atomic E-state index is 0.157. The molecule has 2 aromatic rings. The normalized spacial score (nSPS) is 21.5. The number of thiophene rings is 1. The summed E-state index contributed by atoms with van der Waals surface area (Å²) in [6, 6.07) is 6.61. The lowest BCUT2D eigenvalue weighted by molar-refractivity contribution is 0.0705. The SMILES string of the molecule is CN(C)[C@@H]1CCN(C(=O)c2ccsc2)[C@H]1Cc1ccncc1. The fourth-order valence-electron chi connectivity index (χ4n) is 3.25. The fourth-order valence-corrected chi connectivity index (χ4v) is 3.88. The zero-order valence-electron chi connectivity index (χ0n) is 13.0. The molecule has 4 nitrogen and oxygen atoms in total. The first kappa shape index (κ1) is 15.2. The quantitative estimate of drug-likeness (QED) is 0.870. The Labute approximate surface area is 135 Å². The van der Waals surface area contributed by atoms with Crippen molar-refractivity contribution in [1.29, 1.82) is 0 Å². The number of amides is 1. The maximum Gasteiger partial charge on any atom is 0.255 e. The monoisotopic (exact) mass is 315 g/mol. The first-order chi connectivity index (χ1) is 10.7. The highest BCUT2D eigenvalue weighted by Gasteiger charge is 2.38. The number of carbonyl (C=O) groups is 1. The van der Waals surface area contributed by atoms with Gasteiger partial charge in [-0.15, -0.1) is 0 Å². The van der Waals surface area contributed by atoms with Gasteiger partial charge in [-0.3, -0.25) is 9.78 Å². The van der Waals surface area contributed by atoms with Crippen LogP contribution in [0.3, 0.4) is 0 Å². The predicted molar refractivity (Wildman–Crippen MR) is 89.2 cm³/mol. The van der Waals surface area contributed by atoms with Crippen LogP contribution in [0, 0.1) is 0 Å². The molecule has 0 bridgehead atoms. The molecule has 0 spiro atoms. The van der Waals surface area contributed by atoms with Gasteiger partial charge >= 0.3 is 0 Å². The van der Waals surface area contributed by atoms with Crippen molar-refractivity contribution in [1.82, 2.24) is 14.8 Å². The number of likely N-dealkylation sites (tertiary alicyclic amines) is 1. The van der Waals surface area contributed by atoms with E-state index < -0.39 is 0 Å². The summed E-state index contributed by atoms with van der Waals surface area (Å²) in [5.74, 6) is 0.157. The van der Waals surface area contributed by atoms with Gasteiger partial charge < -0.3 is 9.80 Å². The van der Waals surface area contributed by atoms with Crippen LogP contribution in [0.5, 0.6) is 0 Å². The lowest BCUT2D eigenvalue weighted by Crippen LogP contribution is -2.45. The summed E-state index contributed by atoms with van der Waals surface area (Å²) in [6.45, 7) is 0.827. The van der Waals surface area contributed by atoms with Gasteiger partial charge in [0.2, 0.25) is 0 Å². The van der Waals surface area contributed by atoms with Crippen LogP contribution in [-0.2, 0) is 6.42 Å². The van der Waals surface area contributed by atoms with E-state index in [1.54, 1.807) is 11.3 Å². The summed E-state index contributed by atoms with van der Waals surface area (Å²) in [6.07, 6.45) is 5.54. The Balaban J connectivity index is 1.84. The second-order valence-corrected chi connectivity index (χ2v) is 6.74. The first-order valence-electron chi connectivity index (χ1n) is 7.55. The van der Waals surface area contributed by atoms with Gasteiger partial charge in [-0.1, -0.05) is 0 Å². The first-order valence-corrected chi connectivity index (χ1v) is 8.49. The number of rotatable bonds is 4. The summed E-state index contributed by atoms with van der Waals surface area (Å²) in [5.41, 5.74) is 2.04. The van der Waals surface area contributed by atoms with E-state index in [1.807, 2.05) is 46.3 Å². The Kier molecular flexibility index (Phi) is 4.55. The maximum atomic E-state index is 12.8. The van der Waals surface area contributed by atoms with Crippen molar-refractivity contribution in [2.24, 2.45) is 0 Å². The van der Waals surface area contributed by atoms with E-state index in [4.69, 9.17) is 0 Å². The van der Waals surface area contributed by atoms with E-state index in [0.29, 0.717) is 6.04 Å². The van der Waals surface area contributed by atoms with Crippen molar-refractivity contribution >= 4 is 17.2 Å². The molecule has 1 aliphatic rings. The standard InChI is InChI=1S/C17H21N3OS/c1-19(2)15-5-9-20(17(21)14-6-10-22-12-14)16(15)11-13-3-7-18-8-4-13/h3-4,6-8,10,12,15-16H,5,9,11H2,1-2H3/t15-,16+/m1/s1. The van der Waals surface area contributed by atoms with E-state index in [2.05, 4.69) is 24.0 Å². The Morgan fingerprint density at radius 3 is 2.77 bits per heavy atom. The Morgan fingerprint density at radius 1 is 1.36 bits per heavy atom. The Morgan fingerprint density at radius 2 is 2.14 bits per heavy atom. The topological polar surface area (TPSA) is 36.4 Å². The summed E-state index contributed by atoms with van der Waals surface area (Å²) in [7, 11) is 4.20. The molecule has 1 aliphatic heterocycles. The molecule has 1 saturated heterocycles. The van der Waals surface area contributed by atoms with Crippen molar-refractivity contribution in [2.75, 3.05) is 20.6 Å². The van der Waals surface area contributed by atoms with Gasteiger partial charge in [0.05, 0.1) is 11.6 Å². The Hall–Kier alpha value is -1.72. The maximum absolute atomic E-state index is 12.8. The summed E-state index contributed by atoms with van der Waals surface area (Å²) in [4.78, 5) is 21.1. The van der Waals surface area contributed by atoms with Crippen LogP contribution in [0.25, 0.3) is 0 Å². The number of aromatic nitrogens is 1. The van der Waals surface area contributed by atoms with Crippen molar-refractivity contribution in [3.05, 3.63) is 52.5 Å². The highest BCUT2D eigenvalue weighted by molar-refractivity contribution is 7.08. The van der Waals surface area contributed by atoms with Crippen LogP contribution in [0.1, 0.15) is 22.3 Å². The molecule has 116 valence electrons. The van der Waals surface area contributed by atoms with E-state index in [-0.39, 0.29) is 11.9 Å². The summed E-state index contributed by atoms with van der Waals surface area (Å²) in [5, 5.41) is 3.90. The fraction of sp³-hybridized carbons (Fsp3) is 0.412. The number of nitrogens with zero attached hydrogens (tertiary/aromatic N) is 3. The lowest BCUT2D eigenvalue weighted by atomic mass is 10.00. The molecule has 0 radical (unpaired) electrons. The van der Waals surface area contributed by atoms with Crippen molar-refractivity contribution in [3.8, 4) is 0 Å². The number of likely N-dealkylation sites (N-methyl/N-ethyl adjacent to an activating group) is 1. The third-order valence-electron chi connectivity index (χ3n) is 4.40. The minimum Gasteiger partial charge on any atom is -0.334 e. The molecular formula is C17H21N3OS. The molecule has 5 heteroatoms. The average Bonchev–Trinajstić information content (AvgIpc) is 3.17. The van der Waals surface area contributed by atoms with Gasteiger partial charge in [-0.2, -0.15) is 11.3 Å². The molecule has 1 fully saturated rings. The molecule has 22 heavy (non-hydrogen) atoms. The zero-order valence-corrected chi connectivity index (χ0v) is 13.8. The highest BCUT2D eigenvalue weighted by Crippen LogP contribution is 2.27. The van der Waals surface area contributed by atoms with Gasteiger partial charge in [0.15, 0.2) is 0 Å². The van der Waals surface area contributed by atoms with Crippen LogP contribution >= 0.6 is 11.3 Å². The van der Waals surface area contributed by atoms with Gasteiger partial charge in [0.1, 0.15) is 0 Å². The second kappa shape index (κ2) is 6.58. The summed E-state index contributed by atoms with van der Waals surface area (Å²) >= 11 is 1.57. The van der Waals surface area contributed by atoms with Crippen molar-refractivity contribution in [2.45, 2.75) is 24.9 Å². The van der Waals surface area contributed by atoms with E-state index in [1.165, 1.54) is 5.56 Å². The minimum absolute atomic E-state index is 0.157. The van der Waals surface area contributed by atoms with Gasteiger partial charge in [-0.25, -0.2) is 0 Å². The highest BCUT2D eigenvalue weighted by atomic mass is 32.1. The largest absolute Gasteiger partial charge is 0.334 e. The molecule has 0 aromatic carbocycles. The number of pyridine rings is 1. The molecule has 3 heterocycles. The molecule has 0 aliphatic carbocycles. The van der Waals surface area contributed by atoms with E-state index >= 15 is 0 Å². The van der Waals surface area contributed by atoms with Crippen LogP contribution in [0.4, 0.5) is 0 Å². The van der Waals surface area contributed by atoms with Crippen LogP contribution in [0.2, 0.25) is 0 Å². The predicted octanol–water partition coefficient (Wildman–Crippen LogP) is 2.53.